The second-order valence-electron chi connectivity index (χ2n) is 4.86. The number of aryl methyl sites for hydroxylation is 1. The van der Waals surface area contributed by atoms with Crippen LogP contribution < -0.4 is 14.8 Å². The van der Waals surface area contributed by atoms with E-state index in [9.17, 15) is 0 Å². The van der Waals surface area contributed by atoms with Gasteiger partial charge in [-0.05, 0) is 40.2 Å². The van der Waals surface area contributed by atoms with Crippen LogP contribution in [0.4, 0.5) is 0 Å². The van der Waals surface area contributed by atoms with E-state index in [1.165, 1.54) is 12.8 Å². The Morgan fingerprint density at radius 2 is 2.00 bits per heavy atom. The molecule has 0 spiro atoms. The van der Waals surface area contributed by atoms with Crippen molar-refractivity contribution in [3.8, 4) is 11.8 Å². The molecule has 5 heteroatoms. The molecule has 2 unspecified atom stereocenters. The Labute approximate surface area is 114 Å². The number of likely N-dealkylation sites (N-methyl/N-ethyl adjacent to an activating group) is 1. The number of ether oxygens (including phenoxy) is 2. The summed E-state index contributed by atoms with van der Waals surface area (Å²) in [6.07, 6.45) is 4.88. The van der Waals surface area contributed by atoms with Crippen LogP contribution in [0.25, 0.3) is 0 Å². The van der Waals surface area contributed by atoms with Crippen LogP contribution in [0.1, 0.15) is 38.4 Å². The molecule has 2 rings (SSSR count). The van der Waals surface area contributed by atoms with Crippen LogP contribution in [0.5, 0.6) is 11.8 Å². The lowest BCUT2D eigenvalue weighted by atomic mass is 9.92. The van der Waals surface area contributed by atoms with Crippen LogP contribution in [0.15, 0.2) is 6.07 Å². The van der Waals surface area contributed by atoms with Gasteiger partial charge in [0.1, 0.15) is 11.9 Å². The molecule has 19 heavy (non-hydrogen) atoms. The maximum Gasteiger partial charge on any atom is 0.220 e. The van der Waals surface area contributed by atoms with E-state index in [-0.39, 0.29) is 6.10 Å². The zero-order chi connectivity index (χ0) is 13.7. The van der Waals surface area contributed by atoms with Gasteiger partial charge in [-0.2, -0.15) is 9.97 Å². The predicted molar refractivity (Wildman–Crippen MR) is 73.7 cm³/mol. The molecular weight excluding hydrogens is 242 g/mol. The zero-order valence-corrected chi connectivity index (χ0v) is 12.0. The summed E-state index contributed by atoms with van der Waals surface area (Å²) >= 11 is 0. The molecule has 1 saturated carbocycles. The van der Waals surface area contributed by atoms with Crippen molar-refractivity contribution in [2.24, 2.45) is 0 Å². The van der Waals surface area contributed by atoms with Crippen molar-refractivity contribution in [1.29, 1.82) is 0 Å². The lowest BCUT2D eigenvalue weighted by molar-refractivity contribution is 0.112. The highest BCUT2D eigenvalue weighted by Crippen LogP contribution is 2.24. The summed E-state index contributed by atoms with van der Waals surface area (Å²) in [4.78, 5) is 8.56. The second kappa shape index (κ2) is 6.70. The summed E-state index contributed by atoms with van der Waals surface area (Å²) < 4.78 is 11.5. The number of rotatable bonds is 5. The van der Waals surface area contributed by atoms with Crippen molar-refractivity contribution in [2.45, 2.75) is 51.7 Å². The minimum Gasteiger partial charge on any atom is -0.478 e. The first kappa shape index (κ1) is 14.1. The van der Waals surface area contributed by atoms with E-state index in [0.717, 1.165) is 12.8 Å². The summed E-state index contributed by atoms with van der Waals surface area (Å²) in [5.74, 6) is 1.88. The molecule has 1 aromatic rings. The molecule has 1 fully saturated rings. The molecule has 0 radical (unpaired) electrons. The summed E-state index contributed by atoms with van der Waals surface area (Å²) in [7, 11) is 1.99. The molecule has 1 aromatic heterocycles. The largest absolute Gasteiger partial charge is 0.478 e. The summed E-state index contributed by atoms with van der Waals surface area (Å²) in [5.41, 5.74) is 0. The summed E-state index contributed by atoms with van der Waals surface area (Å²) in [6.45, 7) is 4.39. The molecule has 0 saturated heterocycles. The number of hydrogen-bond donors (Lipinski definition) is 1. The van der Waals surface area contributed by atoms with Gasteiger partial charge in [0.2, 0.25) is 11.8 Å². The van der Waals surface area contributed by atoms with Crippen molar-refractivity contribution in [2.75, 3.05) is 13.7 Å². The third kappa shape index (κ3) is 3.80. The fraction of sp³-hybridized carbons (Fsp3) is 0.714. The lowest BCUT2D eigenvalue weighted by Crippen LogP contribution is -2.43. The Kier molecular flexibility index (Phi) is 4.96. The highest BCUT2D eigenvalue weighted by molar-refractivity contribution is 5.21. The fourth-order valence-electron chi connectivity index (χ4n) is 2.52. The number of aromatic nitrogens is 2. The quantitative estimate of drug-likeness (QED) is 0.883. The van der Waals surface area contributed by atoms with Crippen LogP contribution in [-0.4, -0.2) is 35.8 Å². The van der Waals surface area contributed by atoms with Gasteiger partial charge in [-0.1, -0.05) is 6.42 Å². The smallest absolute Gasteiger partial charge is 0.220 e. The summed E-state index contributed by atoms with van der Waals surface area (Å²) in [6, 6.07) is 2.18. The topological polar surface area (TPSA) is 56.3 Å². The molecule has 2 atom stereocenters. The average molecular weight is 265 g/mol. The van der Waals surface area contributed by atoms with Gasteiger partial charge in [-0.3, -0.25) is 0 Å². The van der Waals surface area contributed by atoms with Gasteiger partial charge in [0, 0.05) is 6.04 Å². The minimum absolute atomic E-state index is 0.183. The van der Waals surface area contributed by atoms with Gasteiger partial charge in [-0.25, -0.2) is 0 Å². The van der Waals surface area contributed by atoms with E-state index in [2.05, 4.69) is 15.3 Å². The van der Waals surface area contributed by atoms with Crippen molar-refractivity contribution >= 4 is 0 Å². The van der Waals surface area contributed by atoms with Crippen LogP contribution in [-0.2, 0) is 0 Å². The Morgan fingerprint density at radius 1 is 1.26 bits per heavy atom. The third-order valence-corrected chi connectivity index (χ3v) is 3.43. The minimum atomic E-state index is 0.183. The van der Waals surface area contributed by atoms with Crippen molar-refractivity contribution in [3.05, 3.63) is 11.9 Å². The Hall–Kier alpha value is -1.36. The Balaban J connectivity index is 2.08. The Morgan fingerprint density at radius 3 is 2.74 bits per heavy atom. The van der Waals surface area contributed by atoms with Crippen LogP contribution in [0.3, 0.4) is 0 Å². The van der Waals surface area contributed by atoms with Crippen molar-refractivity contribution in [1.82, 2.24) is 15.3 Å². The molecule has 1 N–H and O–H groups in total. The van der Waals surface area contributed by atoms with E-state index in [1.807, 2.05) is 20.9 Å². The van der Waals surface area contributed by atoms with Gasteiger partial charge in [0.05, 0.1) is 12.7 Å². The maximum absolute atomic E-state index is 6.03. The number of hydrogen-bond acceptors (Lipinski definition) is 5. The molecule has 106 valence electrons. The van der Waals surface area contributed by atoms with Crippen LogP contribution in [0.2, 0.25) is 0 Å². The van der Waals surface area contributed by atoms with E-state index in [1.54, 1.807) is 6.07 Å². The van der Waals surface area contributed by atoms with Gasteiger partial charge in [0.25, 0.3) is 0 Å². The molecule has 1 aliphatic rings. The number of nitrogens with zero attached hydrogens (tertiary/aromatic N) is 2. The SMILES string of the molecule is CCOc1cc(OC2CCCCC2NC)nc(C)n1. The number of nitrogens with one attached hydrogen (secondary N) is 1. The van der Waals surface area contributed by atoms with Crippen molar-refractivity contribution < 1.29 is 9.47 Å². The first-order valence-electron chi connectivity index (χ1n) is 7.05. The highest BCUT2D eigenvalue weighted by Gasteiger charge is 2.26. The molecule has 1 heterocycles. The predicted octanol–water partition coefficient (Wildman–Crippen LogP) is 2.09. The van der Waals surface area contributed by atoms with Gasteiger partial charge < -0.3 is 14.8 Å². The second-order valence-corrected chi connectivity index (χ2v) is 4.86. The normalized spacial score (nSPS) is 23.1. The molecule has 0 aliphatic heterocycles. The molecule has 5 nitrogen and oxygen atoms in total. The van der Waals surface area contributed by atoms with Crippen LogP contribution in [0, 0.1) is 6.92 Å². The first-order valence-corrected chi connectivity index (χ1v) is 7.05. The molecule has 0 bridgehead atoms. The third-order valence-electron chi connectivity index (χ3n) is 3.43. The average Bonchev–Trinajstić information content (AvgIpc) is 2.39. The van der Waals surface area contributed by atoms with Gasteiger partial charge in [-0.15, -0.1) is 0 Å². The van der Waals surface area contributed by atoms with E-state index in [0.29, 0.717) is 30.2 Å². The zero-order valence-electron chi connectivity index (χ0n) is 12.0. The van der Waals surface area contributed by atoms with Gasteiger partial charge in [0.15, 0.2) is 0 Å². The standard InChI is InChI=1S/C14H23N3O2/c1-4-18-13-9-14(17-10(2)16-13)19-12-8-6-5-7-11(12)15-3/h9,11-12,15H,4-8H2,1-3H3. The van der Waals surface area contributed by atoms with Crippen molar-refractivity contribution in [3.63, 3.8) is 0 Å². The lowest BCUT2D eigenvalue weighted by Gasteiger charge is -2.31. The highest BCUT2D eigenvalue weighted by atomic mass is 16.5. The Bertz CT molecular complexity index is 412. The summed E-state index contributed by atoms with van der Waals surface area (Å²) in [5, 5.41) is 3.33. The van der Waals surface area contributed by atoms with E-state index >= 15 is 0 Å². The maximum atomic E-state index is 6.03. The van der Waals surface area contributed by atoms with E-state index in [4.69, 9.17) is 9.47 Å². The van der Waals surface area contributed by atoms with Gasteiger partial charge >= 0.3 is 0 Å². The van der Waals surface area contributed by atoms with Crippen LogP contribution >= 0.6 is 0 Å². The monoisotopic (exact) mass is 265 g/mol. The van der Waals surface area contributed by atoms with E-state index < -0.39 is 0 Å². The fourth-order valence-corrected chi connectivity index (χ4v) is 2.52. The molecular formula is C14H23N3O2. The molecule has 0 amide bonds. The first-order chi connectivity index (χ1) is 9.22. The molecule has 1 aliphatic carbocycles. The molecule has 0 aromatic carbocycles.